The van der Waals surface area contributed by atoms with Gasteiger partial charge in [-0.1, -0.05) is 19.8 Å². The molecule has 2 aliphatic heterocycles. The van der Waals surface area contributed by atoms with Crippen LogP contribution in [0.1, 0.15) is 58.3 Å². The first-order valence-corrected chi connectivity index (χ1v) is 8.95. The molecule has 0 bridgehead atoms. The number of hydrogen-bond acceptors (Lipinski definition) is 3. The molecule has 120 valence electrons. The number of nitrogens with two attached hydrogens (primary N) is 1. The summed E-state index contributed by atoms with van der Waals surface area (Å²) in [6, 6.07) is 1.29. The van der Waals surface area contributed by atoms with E-state index in [0.29, 0.717) is 24.0 Å². The van der Waals surface area contributed by atoms with Crippen LogP contribution in [-0.2, 0) is 4.79 Å². The smallest absolute Gasteiger partial charge is 0.223 e. The molecule has 5 unspecified atom stereocenters. The first-order chi connectivity index (χ1) is 10.1. The number of carbonyl (C=O) groups excluding carboxylic acids is 1. The van der Waals surface area contributed by atoms with Crippen LogP contribution in [0.4, 0.5) is 0 Å². The fourth-order valence-electron chi connectivity index (χ4n) is 4.66. The summed E-state index contributed by atoms with van der Waals surface area (Å²) in [5, 5.41) is 3.37. The molecule has 2 heterocycles. The van der Waals surface area contributed by atoms with Crippen LogP contribution in [0.3, 0.4) is 0 Å². The van der Waals surface area contributed by atoms with E-state index in [2.05, 4.69) is 17.1 Å². The van der Waals surface area contributed by atoms with Crippen molar-refractivity contribution >= 4 is 5.91 Å². The van der Waals surface area contributed by atoms with Crippen LogP contribution in [0.5, 0.6) is 0 Å². The molecule has 0 aromatic carbocycles. The largest absolute Gasteiger partial charge is 0.352 e. The molecule has 0 aromatic heterocycles. The predicted molar refractivity (Wildman–Crippen MR) is 84.9 cm³/mol. The van der Waals surface area contributed by atoms with E-state index in [4.69, 9.17) is 5.73 Å². The maximum absolute atomic E-state index is 12.6. The topological polar surface area (TPSA) is 58.4 Å². The van der Waals surface area contributed by atoms with E-state index in [1.165, 1.54) is 38.6 Å². The Morgan fingerprint density at radius 1 is 1.14 bits per heavy atom. The third kappa shape index (κ3) is 3.42. The van der Waals surface area contributed by atoms with Gasteiger partial charge in [0.1, 0.15) is 0 Å². The maximum atomic E-state index is 12.6. The van der Waals surface area contributed by atoms with Crippen molar-refractivity contribution < 1.29 is 4.79 Å². The van der Waals surface area contributed by atoms with Crippen LogP contribution in [-0.4, -0.2) is 42.0 Å². The van der Waals surface area contributed by atoms with E-state index >= 15 is 0 Å². The summed E-state index contributed by atoms with van der Waals surface area (Å²) < 4.78 is 0. The molecule has 21 heavy (non-hydrogen) atoms. The van der Waals surface area contributed by atoms with E-state index in [1.807, 2.05) is 0 Å². The van der Waals surface area contributed by atoms with Gasteiger partial charge in [0.15, 0.2) is 0 Å². The number of piperidine rings is 1. The van der Waals surface area contributed by atoms with Crippen molar-refractivity contribution in [2.24, 2.45) is 17.6 Å². The first-order valence-electron chi connectivity index (χ1n) is 8.95. The Hall–Kier alpha value is -0.610. The zero-order chi connectivity index (χ0) is 14.8. The summed E-state index contributed by atoms with van der Waals surface area (Å²) in [4.78, 5) is 15.2. The Morgan fingerprint density at radius 3 is 2.81 bits per heavy atom. The highest BCUT2D eigenvalue weighted by molar-refractivity contribution is 5.79. The summed E-state index contributed by atoms with van der Waals surface area (Å²) in [5.74, 6) is 0.873. The fourth-order valence-corrected chi connectivity index (χ4v) is 4.66. The number of nitrogens with zero attached hydrogens (tertiary/aromatic N) is 1. The minimum absolute atomic E-state index is 0.119. The molecule has 1 saturated carbocycles. The van der Waals surface area contributed by atoms with Crippen LogP contribution >= 0.6 is 0 Å². The number of rotatable bonds is 3. The number of amides is 1. The van der Waals surface area contributed by atoms with Gasteiger partial charge in [0, 0.05) is 30.6 Å². The van der Waals surface area contributed by atoms with Crippen molar-refractivity contribution in [3.05, 3.63) is 0 Å². The van der Waals surface area contributed by atoms with Crippen molar-refractivity contribution in [3.63, 3.8) is 0 Å². The van der Waals surface area contributed by atoms with Gasteiger partial charge in [-0.15, -0.1) is 0 Å². The molecule has 4 nitrogen and oxygen atoms in total. The van der Waals surface area contributed by atoms with Gasteiger partial charge >= 0.3 is 0 Å². The van der Waals surface area contributed by atoms with Crippen molar-refractivity contribution in [1.82, 2.24) is 10.2 Å². The van der Waals surface area contributed by atoms with Crippen LogP contribution in [0, 0.1) is 11.8 Å². The van der Waals surface area contributed by atoms with E-state index in [9.17, 15) is 4.79 Å². The van der Waals surface area contributed by atoms with Gasteiger partial charge in [-0.2, -0.15) is 0 Å². The highest BCUT2D eigenvalue weighted by atomic mass is 16.2. The normalized spacial score (nSPS) is 38.8. The lowest BCUT2D eigenvalue weighted by molar-refractivity contribution is -0.127. The maximum Gasteiger partial charge on any atom is 0.223 e. The van der Waals surface area contributed by atoms with Crippen LogP contribution in [0.2, 0.25) is 0 Å². The average molecular weight is 293 g/mol. The zero-order valence-electron chi connectivity index (χ0n) is 13.4. The Bertz CT molecular complexity index is 373. The number of fused-ring (bicyclic) bond motifs is 1. The minimum Gasteiger partial charge on any atom is -0.352 e. The van der Waals surface area contributed by atoms with Gasteiger partial charge < -0.3 is 11.1 Å². The number of hydrogen-bond donors (Lipinski definition) is 2. The molecule has 0 aromatic rings. The molecule has 3 fully saturated rings. The van der Waals surface area contributed by atoms with Crippen molar-refractivity contribution in [2.45, 2.75) is 76.4 Å². The average Bonchev–Trinajstić information content (AvgIpc) is 2.90. The van der Waals surface area contributed by atoms with E-state index in [0.717, 1.165) is 25.8 Å². The van der Waals surface area contributed by atoms with Crippen molar-refractivity contribution in [3.8, 4) is 0 Å². The van der Waals surface area contributed by atoms with Gasteiger partial charge in [-0.25, -0.2) is 0 Å². The predicted octanol–water partition coefficient (Wildman–Crippen LogP) is 1.88. The van der Waals surface area contributed by atoms with Crippen molar-refractivity contribution in [2.75, 3.05) is 13.1 Å². The molecular weight excluding hydrogens is 262 g/mol. The molecule has 3 aliphatic rings. The van der Waals surface area contributed by atoms with Gasteiger partial charge in [-0.3, -0.25) is 9.69 Å². The summed E-state index contributed by atoms with van der Waals surface area (Å²) in [7, 11) is 0. The Balaban J connectivity index is 1.53. The minimum atomic E-state index is 0.119. The third-order valence-corrected chi connectivity index (χ3v) is 6.06. The number of carbonyl (C=O) groups is 1. The second-order valence-electron chi connectivity index (χ2n) is 7.48. The monoisotopic (exact) mass is 293 g/mol. The molecule has 1 aliphatic carbocycles. The van der Waals surface area contributed by atoms with E-state index < -0.39 is 0 Å². The van der Waals surface area contributed by atoms with Crippen LogP contribution < -0.4 is 11.1 Å². The third-order valence-electron chi connectivity index (χ3n) is 6.06. The number of nitrogens with one attached hydrogen (secondary N) is 1. The quantitative estimate of drug-likeness (QED) is 0.835. The van der Waals surface area contributed by atoms with Gasteiger partial charge in [-0.05, 0) is 51.0 Å². The molecule has 1 amide bonds. The Kier molecular flexibility index (Phi) is 4.85. The lowest BCUT2D eigenvalue weighted by atomic mass is 9.78. The highest BCUT2D eigenvalue weighted by Gasteiger charge is 2.37. The van der Waals surface area contributed by atoms with E-state index in [1.54, 1.807) is 0 Å². The van der Waals surface area contributed by atoms with Gasteiger partial charge in [0.2, 0.25) is 5.91 Å². The van der Waals surface area contributed by atoms with Gasteiger partial charge in [0.05, 0.1) is 0 Å². The molecule has 0 spiro atoms. The molecule has 3 rings (SSSR count). The lowest BCUT2D eigenvalue weighted by Gasteiger charge is -2.34. The SMILES string of the molecule is CC(C(=O)NC1CCN2CCCCC12)C1CCCC(N)C1. The first kappa shape index (κ1) is 15.3. The molecule has 4 heteroatoms. The summed E-state index contributed by atoms with van der Waals surface area (Å²) in [6.45, 7) is 4.49. The molecule has 5 atom stereocenters. The van der Waals surface area contributed by atoms with Crippen LogP contribution in [0.15, 0.2) is 0 Å². The van der Waals surface area contributed by atoms with Gasteiger partial charge in [0.25, 0.3) is 0 Å². The van der Waals surface area contributed by atoms with Crippen LogP contribution in [0.25, 0.3) is 0 Å². The summed E-state index contributed by atoms with van der Waals surface area (Å²) in [6.07, 6.45) is 9.54. The molecule has 3 N–H and O–H groups in total. The summed E-state index contributed by atoms with van der Waals surface area (Å²) in [5.41, 5.74) is 6.08. The molecule has 0 radical (unpaired) electrons. The fraction of sp³-hybridized carbons (Fsp3) is 0.941. The van der Waals surface area contributed by atoms with Crippen molar-refractivity contribution in [1.29, 1.82) is 0 Å². The lowest BCUT2D eigenvalue weighted by Crippen LogP contribution is -2.49. The Morgan fingerprint density at radius 2 is 2.00 bits per heavy atom. The second-order valence-corrected chi connectivity index (χ2v) is 7.48. The zero-order valence-corrected chi connectivity index (χ0v) is 13.4. The molecular formula is C17H31N3O. The summed E-state index contributed by atoms with van der Waals surface area (Å²) >= 11 is 0. The second kappa shape index (κ2) is 6.66. The standard InChI is InChI=1S/C17H31N3O/c1-12(13-5-4-6-14(18)11-13)17(21)19-15-8-10-20-9-3-2-7-16(15)20/h12-16H,2-11,18H2,1H3,(H,19,21). The molecule has 2 saturated heterocycles. The van der Waals surface area contributed by atoms with E-state index in [-0.39, 0.29) is 11.8 Å². The highest BCUT2D eigenvalue weighted by Crippen LogP contribution is 2.31. The Labute approximate surface area is 128 Å².